The molecule has 3 aromatic rings. The molecule has 1 aromatic heterocycles. The quantitative estimate of drug-likeness (QED) is 0.238. The van der Waals surface area contributed by atoms with Crippen LogP contribution in [-0.4, -0.2) is 64.5 Å². The Morgan fingerprint density at radius 3 is 2.50 bits per heavy atom. The highest BCUT2D eigenvalue weighted by atomic mass is 32.2. The van der Waals surface area contributed by atoms with Crippen LogP contribution >= 0.6 is 0 Å². The first-order valence-electron chi connectivity index (χ1n) is 13.3. The van der Waals surface area contributed by atoms with Gasteiger partial charge in [0.15, 0.2) is 0 Å². The number of sulfone groups is 1. The van der Waals surface area contributed by atoms with Gasteiger partial charge in [0.1, 0.15) is 46.3 Å². The van der Waals surface area contributed by atoms with Crippen LogP contribution in [0.1, 0.15) is 35.7 Å². The zero-order valence-corrected chi connectivity index (χ0v) is 23.7. The van der Waals surface area contributed by atoms with E-state index in [1.165, 1.54) is 6.26 Å². The highest BCUT2D eigenvalue weighted by molar-refractivity contribution is 7.90. The monoisotopic (exact) mass is 565 g/mol. The van der Waals surface area contributed by atoms with Crippen LogP contribution in [0.25, 0.3) is 0 Å². The number of rotatable bonds is 12. The first kappa shape index (κ1) is 29.4. The molecule has 9 heteroatoms. The first-order chi connectivity index (χ1) is 19.4. The largest absolute Gasteiger partial charge is 0.494 e. The lowest BCUT2D eigenvalue weighted by molar-refractivity contribution is -0.102. The molecule has 1 aliphatic rings. The fourth-order valence-electron chi connectivity index (χ4n) is 4.00. The van der Waals surface area contributed by atoms with Crippen molar-refractivity contribution in [2.45, 2.75) is 32.5 Å². The minimum absolute atomic E-state index is 0.102. The third-order valence-corrected chi connectivity index (χ3v) is 7.09. The molecule has 4 rings (SSSR count). The maximum Gasteiger partial charge on any atom is 0.218 e. The number of nitrogens with zero attached hydrogens (tertiary/aromatic N) is 1. The standard InChI is InChI=1S/C31H35NO7S/c1-3-28-29(15-12-24-10-13-26(14-11-24)36-16-7-19-40(2,33)34)32-31(39-23-27-22-35-17-18-37-27)20-30(28)38-21-25-8-5-4-6-9-25/h4-6,8-11,13-14,20,27H,3,7,16-19,21-23H2,1-2H3. The van der Waals surface area contributed by atoms with Crippen LogP contribution in [0.15, 0.2) is 60.7 Å². The number of ether oxygens (including phenoxy) is 5. The Kier molecular flexibility index (Phi) is 10.8. The summed E-state index contributed by atoms with van der Waals surface area (Å²) in [6.07, 6.45) is 2.19. The van der Waals surface area contributed by atoms with Gasteiger partial charge in [0, 0.05) is 23.4 Å². The molecule has 1 fully saturated rings. The summed E-state index contributed by atoms with van der Waals surface area (Å²) in [5.74, 6) is 8.24. The van der Waals surface area contributed by atoms with Crippen molar-refractivity contribution in [2.24, 2.45) is 0 Å². The molecule has 2 aromatic carbocycles. The third kappa shape index (κ3) is 9.56. The van der Waals surface area contributed by atoms with E-state index in [1.807, 2.05) is 67.6 Å². The van der Waals surface area contributed by atoms with E-state index >= 15 is 0 Å². The van der Waals surface area contributed by atoms with Crippen molar-refractivity contribution in [3.05, 3.63) is 83.0 Å². The molecular formula is C31H35NO7S. The van der Waals surface area contributed by atoms with Crippen molar-refractivity contribution >= 4 is 9.84 Å². The van der Waals surface area contributed by atoms with Gasteiger partial charge in [-0.1, -0.05) is 43.2 Å². The summed E-state index contributed by atoms with van der Waals surface area (Å²) < 4.78 is 51.6. The van der Waals surface area contributed by atoms with E-state index < -0.39 is 9.84 Å². The zero-order chi connectivity index (χ0) is 28.2. The molecule has 40 heavy (non-hydrogen) atoms. The molecule has 0 spiro atoms. The second-order valence-corrected chi connectivity index (χ2v) is 11.7. The second kappa shape index (κ2) is 14.7. The summed E-state index contributed by atoms with van der Waals surface area (Å²) in [7, 11) is -2.99. The maximum absolute atomic E-state index is 11.3. The molecule has 8 nitrogen and oxygen atoms in total. The Bertz CT molecular complexity index is 1390. The van der Waals surface area contributed by atoms with Crippen LogP contribution < -0.4 is 14.2 Å². The minimum atomic E-state index is -2.99. The van der Waals surface area contributed by atoms with Crippen LogP contribution in [0.3, 0.4) is 0 Å². The van der Waals surface area contributed by atoms with E-state index in [4.69, 9.17) is 28.7 Å². The van der Waals surface area contributed by atoms with Gasteiger partial charge in [0.2, 0.25) is 5.88 Å². The van der Waals surface area contributed by atoms with Crippen LogP contribution in [0.4, 0.5) is 0 Å². The molecule has 0 aliphatic carbocycles. The summed E-state index contributed by atoms with van der Waals surface area (Å²) in [4.78, 5) is 4.70. The number of hydrogen-bond acceptors (Lipinski definition) is 8. The van der Waals surface area contributed by atoms with Crippen LogP contribution in [0.2, 0.25) is 0 Å². The molecule has 0 amide bonds. The van der Waals surface area contributed by atoms with Gasteiger partial charge < -0.3 is 23.7 Å². The molecular weight excluding hydrogens is 530 g/mol. The second-order valence-electron chi connectivity index (χ2n) is 9.40. The molecule has 0 N–H and O–H groups in total. The lowest BCUT2D eigenvalue weighted by atomic mass is 10.1. The van der Waals surface area contributed by atoms with E-state index in [2.05, 4.69) is 11.8 Å². The van der Waals surface area contributed by atoms with Gasteiger partial charge in [0.25, 0.3) is 0 Å². The van der Waals surface area contributed by atoms with Crippen LogP contribution in [-0.2, 0) is 32.3 Å². The van der Waals surface area contributed by atoms with E-state index in [0.29, 0.717) is 75.6 Å². The van der Waals surface area contributed by atoms with Crippen molar-refractivity contribution < 1.29 is 32.1 Å². The summed E-state index contributed by atoms with van der Waals surface area (Å²) in [6.45, 7) is 4.72. The Morgan fingerprint density at radius 1 is 1.00 bits per heavy atom. The number of benzene rings is 2. The van der Waals surface area contributed by atoms with Gasteiger partial charge in [-0.25, -0.2) is 13.4 Å². The predicted molar refractivity (Wildman–Crippen MR) is 153 cm³/mol. The third-order valence-electron chi connectivity index (χ3n) is 6.06. The fourth-order valence-corrected chi connectivity index (χ4v) is 4.64. The zero-order valence-electron chi connectivity index (χ0n) is 22.9. The van der Waals surface area contributed by atoms with Gasteiger partial charge in [-0.15, -0.1) is 0 Å². The van der Waals surface area contributed by atoms with E-state index in [0.717, 1.165) is 16.7 Å². The van der Waals surface area contributed by atoms with Crippen LogP contribution in [0, 0.1) is 11.8 Å². The molecule has 1 unspecified atom stereocenters. The Balaban J connectivity index is 1.50. The van der Waals surface area contributed by atoms with Gasteiger partial charge in [0.05, 0.1) is 32.2 Å². The highest BCUT2D eigenvalue weighted by Gasteiger charge is 2.18. The SMILES string of the molecule is CCc1c(OCc2ccccc2)cc(OCC2COCCO2)nc1C#Cc1ccc(OCCCS(C)(=O)=O)cc1. The normalized spacial score (nSPS) is 15.1. The average molecular weight is 566 g/mol. The molecule has 0 saturated carbocycles. The Hall–Kier alpha value is -3.58. The van der Waals surface area contributed by atoms with E-state index in [-0.39, 0.29) is 11.9 Å². The van der Waals surface area contributed by atoms with Crippen molar-refractivity contribution in [1.29, 1.82) is 0 Å². The van der Waals surface area contributed by atoms with Crippen molar-refractivity contribution in [1.82, 2.24) is 4.98 Å². The van der Waals surface area contributed by atoms with Crippen LogP contribution in [0.5, 0.6) is 17.4 Å². The first-order valence-corrected chi connectivity index (χ1v) is 15.4. The molecule has 2 heterocycles. The van der Waals surface area contributed by atoms with Gasteiger partial charge in [-0.3, -0.25) is 0 Å². The lowest BCUT2D eigenvalue weighted by Gasteiger charge is -2.23. The van der Waals surface area contributed by atoms with Crippen molar-refractivity contribution in [3.63, 3.8) is 0 Å². The summed E-state index contributed by atoms with van der Waals surface area (Å²) in [5.41, 5.74) is 3.34. The smallest absolute Gasteiger partial charge is 0.218 e. The average Bonchev–Trinajstić information content (AvgIpc) is 2.97. The summed E-state index contributed by atoms with van der Waals surface area (Å²) in [5, 5.41) is 0. The van der Waals surface area contributed by atoms with E-state index in [9.17, 15) is 8.42 Å². The molecule has 0 radical (unpaired) electrons. The van der Waals surface area contributed by atoms with Gasteiger partial charge in [-0.05, 0) is 48.6 Å². The molecule has 0 bridgehead atoms. The predicted octanol–water partition coefficient (Wildman–Crippen LogP) is 4.23. The van der Waals surface area contributed by atoms with Gasteiger partial charge in [-0.2, -0.15) is 0 Å². The molecule has 1 atom stereocenters. The van der Waals surface area contributed by atoms with Crippen molar-refractivity contribution in [3.8, 4) is 29.2 Å². The van der Waals surface area contributed by atoms with Crippen molar-refractivity contribution in [2.75, 3.05) is 45.0 Å². The maximum atomic E-state index is 11.3. The number of aromatic nitrogens is 1. The topological polar surface area (TPSA) is 93.2 Å². The lowest BCUT2D eigenvalue weighted by Crippen LogP contribution is -2.33. The fraction of sp³-hybridized carbons (Fsp3) is 0.387. The molecule has 212 valence electrons. The highest BCUT2D eigenvalue weighted by Crippen LogP contribution is 2.28. The Morgan fingerprint density at radius 2 is 1.80 bits per heavy atom. The van der Waals surface area contributed by atoms with E-state index in [1.54, 1.807) is 0 Å². The van der Waals surface area contributed by atoms with Gasteiger partial charge >= 0.3 is 0 Å². The minimum Gasteiger partial charge on any atom is -0.494 e. The number of pyridine rings is 1. The Labute approximate surface area is 236 Å². The molecule has 1 saturated heterocycles. The summed E-state index contributed by atoms with van der Waals surface area (Å²) >= 11 is 0. The number of hydrogen-bond donors (Lipinski definition) is 0. The molecule has 1 aliphatic heterocycles. The summed E-state index contributed by atoms with van der Waals surface area (Å²) in [6, 6.07) is 19.1.